The number of nitrogens with two attached hydrogens (primary N) is 1. The van der Waals surface area contributed by atoms with Crippen molar-refractivity contribution in [1.29, 1.82) is 5.26 Å². The first-order valence-corrected chi connectivity index (χ1v) is 11.1. The van der Waals surface area contributed by atoms with Gasteiger partial charge in [-0.3, -0.25) is 4.98 Å². The van der Waals surface area contributed by atoms with E-state index in [9.17, 15) is 5.26 Å². The second-order valence-electron chi connectivity index (χ2n) is 9.40. The number of rotatable bonds is 4. The van der Waals surface area contributed by atoms with Crippen LogP contribution in [0.2, 0.25) is 0 Å². The number of nitrogens with zero attached hydrogens (tertiary/aromatic N) is 4. The first-order valence-electron chi connectivity index (χ1n) is 11.1. The lowest BCUT2D eigenvalue weighted by Crippen LogP contribution is -2.67. The van der Waals surface area contributed by atoms with E-state index in [4.69, 9.17) is 15.5 Å². The van der Waals surface area contributed by atoms with Crippen LogP contribution < -0.4 is 16.0 Å². The number of ether oxygens (including phenoxy) is 1. The van der Waals surface area contributed by atoms with Gasteiger partial charge in [0.25, 0.3) is 0 Å². The normalized spacial score (nSPS) is 24.3. The number of piperidine rings is 1. The van der Waals surface area contributed by atoms with E-state index in [1.165, 1.54) is 18.2 Å². The van der Waals surface area contributed by atoms with Gasteiger partial charge in [-0.05, 0) is 49.6 Å². The molecule has 2 unspecified atom stereocenters. The summed E-state index contributed by atoms with van der Waals surface area (Å²) in [6, 6.07) is 9.53. The molecule has 32 heavy (non-hydrogen) atoms. The van der Waals surface area contributed by atoms with Gasteiger partial charge >= 0.3 is 0 Å². The molecule has 0 radical (unpaired) electrons. The Kier molecular flexibility index (Phi) is 5.20. The van der Waals surface area contributed by atoms with E-state index in [0.29, 0.717) is 30.0 Å². The highest BCUT2D eigenvalue weighted by molar-refractivity contribution is 5.86. The molecule has 3 N–H and O–H groups in total. The van der Waals surface area contributed by atoms with Gasteiger partial charge in [0.05, 0.1) is 23.5 Å². The molecule has 0 spiro atoms. The fraction of sp³-hybridized carbons (Fsp3) is 0.400. The maximum atomic E-state index is 9.59. The molecule has 0 aromatic carbocycles. The summed E-state index contributed by atoms with van der Waals surface area (Å²) in [6.07, 6.45) is 9.18. The molecule has 4 aliphatic heterocycles. The third-order valence-corrected chi connectivity index (χ3v) is 6.53. The third-order valence-electron chi connectivity index (χ3n) is 6.53. The van der Waals surface area contributed by atoms with E-state index >= 15 is 0 Å². The number of anilines is 1. The standard InChI is InChI=1S/C25H28N6O/c1-25(2)9-16(5-6-32-25)18-7-22(24(29-13-18)19(10-26)11-27)17-3-4-23(28-12-17)31-14-20-8-21(15-31)30-20/h3-5,7,10,12-13,20-21,30H,6,8-9,14-15,26H2,1-2H3. The number of nitriles is 1. The van der Waals surface area contributed by atoms with Crippen molar-refractivity contribution in [3.63, 3.8) is 0 Å². The van der Waals surface area contributed by atoms with Crippen molar-refractivity contribution >= 4 is 17.0 Å². The molecule has 4 aliphatic rings. The van der Waals surface area contributed by atoms with E-state index in [1.807, 2.05) is 12.4 Å². The van der Waals surface area contributed by atoms with Gasteiger partial charge in [-0.1, -0.05) is 6.08 Å². The number of nitrogens with one attached hydrogen (secondary N) is 1. The van der Waals surface area contributed by atoms with Gasteiger partial charge in [-0.15, -0.1) is 0 Å². The summed E-state index contributed by atoms with van der Waals surface area (Å²) in [6.45, 7) is 6.75. The van der Waals surface area contributed by atoms with E-state index in [1.54, 1.807) is 0 Å². The van der Waals surface area contributed by atoms with Crippen LogP contribution >= 0.6 is 0 Å². The highest BCUT2D eigenvalue weighted by atomic mass is 16.5. The predicted molar refractivity (Wildman–Crippen MR) is 125 cm³/mol. The molecule has 6 rings (SSSR count). The van der Waals surface area contributed by atoms with Crippen molar-refractivity contribution in [2.75, 3.05) is 24.6 Å². The second kappa shape index (κ2) is 8.05. The third kappa shape index (κ3) is 3.88. The Bertz CT molecular complexity index is 1110. The number of hydrogen-bond acceptors (Lipinski definition) is 7. The van der Waals surface area contributed by atoms with Crippen LogP contribution in [0.25, 0.3) is 22.3 Å². The molecule has 3 saturated heterocycles. The van der Waals surface area contributed by atoms with Crippen LogP contribution in [0.5, 0.6) is 0 Å². The topological polar surface area (TPSA) is 100 Å². The van der Waals surface area contributed by atoms with Crippen LogP contribution in [0.3, 0.4) is 0 Å². The Morgan fingerprint density at radius 1 is 1.25 bits per heavy atom. The maximum Gasteiger partial charge on any atom is 0.128 e. The quantitative estimate of drug-likeness (QED) is 0.722. The molecule has 2 bridgehead atoms. The van der Waals surface area contributed by atoms with Crippen molar-refractivity contribution < 1.29 is 4.74 Å². The molecular weight excluding hydrogens is 400 g/mol. The van der Waals surface area contributed by atoms with Crippen molar-refractivity contribution in [2.45, 2.75) is 44.4 Å². The molecule has 6 heterocycles. The van der Waals surface area contributed by atoms with Gasteiger partial charge < -0.3 is 20.7 Å². The van der Waals surface area contributed by atoms with Crippen LogP contribution in [-0.2, 0) is 4.74 Å². The smallest absolute Gasteiger partial charge is 0.128 e. The molecule has 0 aliphatic carbocycles. The molecule has 7 nitrogen and oxygen atoms in total. The molecule has 0 saturated carbocycles. The van der Waals surface area contributed by atoms with E-state index in [-0.39, 0.29) is 5.60 Å². The predicted octanol–water partition coefficient (Wildman–Crippen LogP) is 3.10. The zero-order valence-corrected chi connectivity index (χ0v) is 18.5. The van der Waals surface area contributed by atoms with E-state index in [0.717, 1.165) is 42.0 Å². The summed E-state index contributed by atoms with van der Waals surface area (Å²) in [5.74, 6) is 0.986. The van der Waals surface area contributed by atoms with Gasteiger partial charge in [0.1, 0.15) is 11.9 Å². The van der Waals surface area contributed by atoms with Gasteiger partial charge in [-0.2, -0.15) is 5.26 Å². The summed E-state index contributed by atoms with van der Waals surface area (Å²) in [5, 5.41) is 13.1. The Morgan fingerprint density at radius 3 is 2.62 bits per heavy atom. The summed E-state index contributed by atoms with van der Waals surface area (Å²) in [5.41, 5.74) is 10.4. The monoisotopic (exact) mass is 428 g/mol. The number of aromatic nitrogens is 2. The number of piperazine rings is 1. The SMILES string of the molecule is CC1(C)CC(c2cnc(C(C#N)=CN)c(-c3ccc(N4CC5CC(C4)N5)nc3)c2)=CCO1. The summed E-state index contributed by atoms with van der Waals surface area (Å²) < 4.78 is 5.83. The lowest BCUT2D eigenvalue weighted by Gasteiger charge is -2.48. The van der Waals surface area contributed by atoms with Crippen molar-refractivity contribution in [3.05, 3.63) is 54.1 Å². The van der Waals surface area contributed by atoms with Crippen molar-refractivity contribution in [2.24, 2.45) is 5.73 Å². The minimum atomic E-state index is -0.217. The number of fused-ring (bicyclic) bond motifs is 2. The molecule has 0 amide bonds. The second-order valence-corrected chi connectivity index (χ2v) is 9.40. The molecule has 164 valence electrons. The number of hydrogen-bond donors (Lipinski definition) is 2. The van der Waals surface area contributed by atoms with E-state index in [2.05, 4.69) is 59.4 Å². The molecule has 2 atom stereocenters. The van der Waals surface area contributed by atoms with Gasteiger partial charge in [0.15, 0.2) is 0 Å². The van der Waals surface area contributed by atoms with Crippen LogP contribution in [-0.4, -0.2) is 47.3 Å². The first-order chi connectivity index (χ1) is 15.5. The Morgan fingerprint density at radius 2 is 2.00 bits per heavy atom. The highest BCUT2D eigenvalue weighted by Gasteiger charge is 2.36. The molecule has 2 aromatic rings. The van der Waals surface area contributed by atoms with Crippen LogP contribution in [0.4, 0.5) is 5.82 Å². The Balaban J connectivity index is 1.50. The number of allylic oxidation sites excluding steroid dienone is 1. The number of pyridine rings is 2. The molecular formula is C25H28N6O. The van der Waals surface area contributed by atoms with Gasteiger partial charge in [0, 0.05) is 61.3 Å². The lowest BCUT2D eigenvalue weighted by molar-refractivity contribution is -0.00299. The van der Waals surface area contributed by atoms with Crippen LogP contribution in [0.15, 0.2) is 42.9 Å². The minimum absolute atomic E-state index is 0.217. The largest absolute Gasteiger partial charge is 0.403 e. The van der Waals surface area contributed by atoms with Crippen LogP contribution in [0.1, 0.15) is 37.9 Å². The average Bonchev–Trinajstić information content (AvgIpc) is 2.79. The van der Waals surface area contributed by atoms with E-state index < -0.39 is 0 Å². The molecule has 7 heteroatoms. The first kappa shape index (κ1) is 20.7. The van der Waals surface area contributed by atoms with Crippen molar-refractivity contribution in [1.82, 2.24) is 15.3 Å². The summed E-state index contributed by atoms with van der Waals surface area (Å²) in [7, 11) is 0. The zero-order chi connectivity index (χ0) is 22.3. The molecule has 3 fully saturated rings. The maximum absolute atomic E-state index is 9.59. The minimum Gasteiger partial charge on any atom is -0.403 e. The van der Waals surface area contributed by atoms with Gasteiger partial charge in [-0.25, -0.2) is 4.98 Å². The zero-order valence-electron chi connectivity index (χ0n) is 18.5. The van der Waals surface area contributed by atoms with Crippen molar-refractivity contribution in [3.8, 4) is 17.2 Å². The Labute approximate surface area is 188 Å². The van der Waals surface area contributed by atoms with Crippen LogP contribution in [0, 0.1) is 11.3 Å². The Hall–Kier alpha value is -3.21. The molecule has 2 aromatic heterocycles. The fourth-order valence-corrected chi connectivity index (χ4v) is 4.85. The fourth-order valence-electron chi connectivity index (χ4n) is 4.85. The van der Waals surface area contributed by atoms with Gasteiger partial charge in [0.2, 0.25) is 0 Å². The lowest BCUT2D eigenvalue weighted by atomic mass is 9.89. The highest BCUT2D eigenvalue weighted by Crippen LogP contribution is 2.35. The summed E-state index contributed by atoms with van der Waals surface area (Å²) >= 11 is 0. The average molecular weight is 429 g/mol. The summed E-state index contributed by atoms with van der Waals surface area (Å²) in [4.78, 5) is 11.7.